The van der Waals surface area contributed by atoms with Gasteiger partial charge in [0.25, 0.3) is 0 Å². The van der Waals surface area contributed by atoms with Gasteiger partial charge in [0.15, 0.2) is 0 Å². The average Bonchev–Trinajstić information content (AvgIpc) is 2.19. The molecule has 2 heteroatoms. The molecule has 0 amide bonds. The molecule has 0 saturated carbocycles. The zero-order valence-corrected chi connectivity index (χ0v) is 9.92. The molecule has 1 rings (SSSR count). The van der Waals surface area contributed by atoms with E-state index in [0.717, 1.165) is 13.0 Å². The van der Waals surface area contributed by atoms with Crippen LogP contribution < -0.4 is 5.73 Å². The van der Waals surface area contributed by atoms with Crippen LogP contribution in [0.5, 0.6) is 0 Å². The van der Waals surface area contributed by atoms with E-state index in [0.29, 0.717) is 6.54 Å². The highest BCUT2D eigenvalue weighted by atomic mass is 16.5. The molecule has 0 unspecified atom stereocenters. The molecule has 0 aliphatic rings. The maximum atomic E-state index is 5.62. The van der Waals surface area contributed by atoms with E-state index in [2.05, 4.69) is 38.1 Å². The first kappa shape index (κ1) is 12.2. The first-order valence-electron chi connectivity index (χ1n) is 5.39. The minimum absolute atomic E-state index is 0.0561. The van der Waals surface area contributed by atoms with E-state index >= 15 is 0 Å². The van der Waals surface area contributed by atoms with E-state index in [1.165, 1.54) is 11.1 Å². The number of rotatable bonds is 5. The molecule has 0 heterocycles. The van der Waals surface area contributed by atoms with Crippen molar-refractivity contribution in [2.24, 2.45) is 5.73 Å². The predicted molar refractivity (Wildman–Crippen MR) is 64.1 cm³/mol. The standard InChI is InChI=1S/C13H21NO/c1-13(2,10-15-3)12-7-5-4-6-11(12)8-9-14/h4-7H,8-10,14H2,1-3H3. The lowest BCUT2D eigenvalue weighted by Crippen LogP contribution is -2.25. The van der Waals surface area contributed by atoms with E-state index in [-0.39, 0.29) is 5.41 Å². The van der Waals surface area contributed by atoms with Crippen LogP contribution in [0.4, 0.5) is 0 Å². The molecule has 1 aromatic rings. The van der Waals surface area contributed by atoms with Gasteiger partial charge in [0.2, 0.25) is 0 Å². The largest absolute Gasteiger partial charge is 0.384 e. The summed E-state index contributed by atoms with van der Waals surface area (Å²) in [7, 11) is 1.74. The number of benzene rings is 1. The van der Waals surface area contributed by atoms with Gasteiger partial charge in [-0.25, -0.2) is 0 Å². The fraction of sp³-hybridized carbons (Fsp3) is 0.538. The van der Waals surface area contributed by atoms with Crippen molar-refractivity contribution in [2.45, 2.75) is 25.7 Å². The average molecular weight is 207 g/mol. The van der Waals surface area contributed by atoms with Crippen molar-refractivity contribution in [3.8, 4) is 0 Å². The summed E-state index contributed by atoms with van der Waals surface area (Å²) in [4.78, 5) is 0. The molecule has 0 spiro atoms. The molecule has 0 fully saturated rings. The van der Waals surface area contributed by atoms with Crippen molar-refractivity contribution in [1.82, 2.24) is 0 Å². The van der Waals surface area contributed by atoms with Gasteiger partial charge in [0.1, 0.15) is 0 Å². The molecule has 0 aromatic heterocycles. The molecule has 0 radical (unpaired) electrons. The van der Waals surface area contributed by atoms with Gasteiger partial charge in [-0.15, -0.1) is 0 Å². The minimum Gasteiger partial charge on any atom is -0.384 e. The molecule has 0 aliphatic carbocycles. The third kappa shape index (κ3) is 3.05. The predicted octanol–water partition coefficient (Wildman–Crippen LogP) is 2.11. The monoisotopic (exact) mass is 207 g/mol. The Hall–Kier alpha value is -0.860. The molecule has 2 nitrogen and oxygen atoms in total. The van der Waals surface area contributed by atoms with Crippen molar-refractivity contribution < 1.29 is 4.74 Å². The van der Waals surface area contributed by atoms with Gasteiger partial charge in [-0.05, 0) is 24.1 Å². The van der Waals surface area contributed by atoms with Crippen molar-refractivity contribution in [1.29, 1.82) is 0 Å². The molecule has 1 aromatic carbocycles. The molecule has 15 heavy (non-hydrogen) atoms. The van der Waals surface area contributed by atoms with Gasteiger partial charge >= 0.3 is 0 Å². The van der Waals surface area contributed by atoms with E-state index in [1.54, 1.807) is 7.11 Å². The Balaban J connectivity index is 3.00. The normalized spacial score (nSPS) is 11.7. The Labute approximate surface area is 92.4 Å². The summed E-state index contributed by atoms with van der Waals surface area (Å²) in [5.41, 5.74) is 8.35. The van der Waals surface area contributed by atoms with Crippen molar-refractivity contribution >= 4 is 0 Å². The van der Waals surface area contributed by atoms with Crippen molar-refractivity contribution in [3.05, 3.63) is 35.4 Å². The Morgan fingerprint density at radius 1 is 1.27 bits per heavy atom. The maximum absolute atomic E-state index is 5.62. The number of ether oxygens (including phenoxy) is 1. The Kier molecular flexibility index (Phi) is 4.30. The quantitative estimate of drug-likeness (QED) is 0.802. The zero-order chi connectivity index (χ0) is 11.3. The van der Waals surface area contributed by atoms with Crippen LogP contribution in [-0.4, -0.2) is 20.3 Å². The number of methoxy groups -OCH3 is 1. The fourth-order valence-corrected chi connectivity index (χ4v) is 1.99. The van der Waals surface area contributed by atoms with Crippen LogP contribution >= 0.6 is 0 Å². The Morgan fingerprint density at radius 2 is 1.93 bits per heavy atom. The van der Waals surface area contributed by atoms with Gasteiger partial charge in [0.05, 0.1) is 6.61 Å². The molecule has 0 bridgehead atoms. The summed E-state index contributed by atoms with van der Waals surface area (Å²) in [5.74, 6) is 0. The third-order valence-corrected chi connectivity index (χ3v) is 2.67. The van der Waals surface area contributed by atoms with Crippen LogP contribution in [-0.2, 0) is 16.6 Å². The summed E-state index contributed by atoms with van der Waals surface area (Å²) in [5, 5.41) is 0. The lowest BCUT2D eigenvalue weighted by atomic mass is 9.82. The molecule has 0 aliphatic heterocycles. The first-order chi connectivity index (χ1) is 7.11. The van der Waals surface area contributed by atoms with E-state index < -0.39 is 0 Å². The van der Waals surface area contributed by atoms with Crippen LogP contribution in [0.25, 0.3) is 0 Å². The minimum atomic E-state index is 0.0561. The molecule has 0 atom stereocenters. The Morgan fingerprint density at radius 3 is 2.53 bits per heavy atom. The highest BCUT2D eigenvalue weighted by molar-refractivity contribution is 5.33. The van der Waals surface area contributed by atoms with Crippen molar-refractivity contribution in [3.63, 3.8) is 0 Å². The summed E-state index contributed by atoms with van der Waals surface area (Å²) in [6, 6.07) is 8.47. The van der Waals surface area contributed by atoms with Crippen LogP contribution in [0, 0.1) is 0 Å². The highest BCUT2D eigenvalue weighted by Crippen LogP contribution is 2.26. The van der Waals surface area contributed by atoms with Gasteiger partial charge in [0, 0.05) is 12.5 Å². The zero-order valence-electron chi connectivity index (χ0n) is 9.92. The van der Waals surface area contributed by atoms with Crippen molar-refractivity contribution in [2.75, 3.05) is 20.3 Å². The lowest BCUT2D eigenvalue weighted by Gasteiger charge is -2.27. The van der Waals surface area contributed by atoms with E-state index in [4.69, 9.17) is 10.5 Å². The smallest absolute Gasteiger partial charge is 0.0553 e. The van der Waals surface area contributed by atoms with Crippen LogP contribution in [0.3, 0.4) is 0 Å². The lowest BCUT2D eigenvalue weighted by molar-refractivity contribution is 0.146. The van der Waals surface area contributed by atoms with Gasteiger partial charge in [-0.3, -0.25) is 0 Å². The fourth-order valence-electron chi connectivity index (χ4n) is 1.99. The van der Waals surface area contributed by atoms with Crippen LogP contribution in [0.1, 0.15) is 25.0 Å². The molecule has 84 valence electrons. The number of nitrogens with two attached hydrogens (primary N) is 1. The topological polar surface area (TPSA) is 35.2 Å². The van der Waals surface area contributed by atoms with Gasteiger partial charge in [-0.2, -0.15) is 0 Å². The second-order valence-corrected chi connectivity index (χ2v) is 4.51. The molecular formula is C13H21NO. The van der Waals surface area contributed by atoms with E-state index in [9.17, 15) is 0 Å². The van der Waals surface area contributed by atoms with Gasteiger partial charge < -0.3 is 10.5 Å². The summed E-state index contributed by atoms with van der Waals surface area (Å²) in [6.45, 7) is 5.83. The molecule has 0 saturated heterocycles. The van der Waals surface area contributed by atoms with Gasteiger partial charge in [-0.1, -0.05) is 38.1 Å². The number of hydrogen-bond donors (Lipinski definition) is 1. The second kappa shape index (κ2) is 5.29. The summed E-state index contributed by atoms with van der Waals surface area (Å²) >= 11 is 0. The van der Waals surface area contributed by atoms with E-state index in [1.807, 2.05) is 0 Å². The Bertz CT molecular complexity index is 307. The highest BCUT2D eigenvalue weighted by Gasteiger charge is 2.22. The summed E-state index contributed by atoms with van der Waals surface area (Å²) in [6.07, 6.45) is 0.934. The first-order valence-corrected chi connectivity index (χ1v) is 5.39. The molecule has 2 N–H and O–H groups in total. The van der Waals surface area contributed by atoms with Crippen LogP contribution in [0.15, 0.2) is 24.3 Å². The molecular weight excluding hydrogens is 186 g/mol. The summed E-state index contributed by atoms with van der Waals surface area (Å²) < 4.78 is 5.26. The third-order valence-electron chi connectivity index (χ3n) is 2.67. The van der Waals surface area contributed by atoms with Crippen LogP contribution in [0.2, 0.25) is 0 Å². The number of hydrogen-bond acceptors (Lipinski definition) is 2. The SMILES string of the molecule is COCC(C)(C)c1ccccc1CCN. The maximum Gasteiger partial charge on any atom is 0.0553 e. The second-order valence-electron chi connectivity index (χ2n) is 4.51.